The molecular weight excluding hydrogens is 310 g/mol. The van der Waals surface area contributed by atoms with Gasteiger partial charge in [-0.15, -0.1) is 0 Å². The fraction of sp³-hybridized carbons (Fsp3) is 0.333. The number of nitrogens with one attached hydrogen (secondary N) is 1. The van der Waals surface area contributed by atoms with Gasteiger partial charge in [-0.2, -0.15) is 0 Å². The number of ether oxygens (including phenoxy) is 1. The number of hydrogen-bond acceptors (Lipinski definition) is 4. The third-order valence-electron chi connectivity index (χ3n) is 3.40. The van der Waals surface area contributed by atoms with Crippen LogP contribution in [-0.2, 0) is 9.53 Å². The molecule has 2 rings (SSSR count). The molecular formula is C18H21NO5. The Bertz CT molecular complexity index is 745. The molecule has 6 nitrogen and oxygen atoms in total. The second kappa shape index (κ2) is 6.88. The Kier molecular flexibility index (Phi) is 5.09. The Balaban J connectivity index is 2.30. The summed E-state index contributed by atoms with van der Waals surface area (Å²) in [5, 5.41) is 23.8. The molecule has 0 unspecified atom stereocenters. The minimum absolute atomic E-state index is 0.427. The highest BCUT2D eigenvalue weighted by Gasteiger charge is 2.32. The number of carboxylic acid groups (broad SMARTS) is 1. The number of carbonyl (C=O) groups is 2. The Morgan fingerprint density at radius 3 is 2.33 bits per heavy atom. The number of alkyl carbamates (subject to hydrolysis) is 1. The summed E-state index contributed by atoms with van der Waals surface area (Å²) in [6.45, 7) is 5.01. The Labute approximate surface area is 140 Å². The first kappa shape index (κ1) is 17.7. The van der Waals surface area contributed by atoms with Crippen molar-refractivity contribution in [1.29, 1.82) is 0 Å². The van der Waals surface area contributed by atoms with Crippen LogP contribution >= 0.6 is 0 Å². The van der Waals surface area contributed by atoms with Crippen LogP contribution in [-0.4, -0.2) is 33.9 Å². The Morgan fingerprint density at radius 1 is 1.08 bits per heavy atom. The molecule has 0 spiro atoms. The molecule has 1 amide bonds. The van der Waals surface area contributed by atoms with E-state index < -0.39 is 29.8 Å². The zero-order valence-corrected chi connectivity index (χ0v) is 13.8. The van der Waals surface area contributed by atoms with E-state index in [1.54, 1.807) is 45.0 Å². The highest BCUT2D eigenvalue weighted by atomic mass is 16.6. The third kappa shape index (κ3) is 4.23. The fourth-order valence-corrected chi connectivity index (χ4v) is 2.40. The van der Waals surface area contributed by atoms with Gasteiger partial charge in [0.05, 0.1) is 0 Å². The van der Waals surface area contributed by atoms with E-state index in [1.807, 2.05) is 18.2 Å². The number of aliphatic hydroxyl groups excluding tert-OH is 1. The van der Waals surface area contributed by atoms with E-state index in [0.717, 1.165) is 10.8 Å². The number of aliphatic carboxylic acids is 1. The first-order valence-corrected chi connectivity index (χ1v) is 7.57. The van der Waals surface area contributed by atoms with E-state index in [2.05, 4.69) is 5.32 Å². The molecule has 0 saturated carbocycles. The maximum Gasteiger partial charge on any atom is 0.408 e. The number of rotatable bonds is 4. The van der Waals surface area contributed by atoms with Gasteiger partial charge in [-0.25, -0.2) is 9.59 Å². The van der Waals surface area contributed by atoms with Crippen LogP contribution in [0.3, 0.4) is 0 Å². The van der Waals surface area contributed by atoms with Crippen LogP contribution in [0.4, 0.5) is 4.79 Å². The smallest absolute Gasteiger partial charge is 0.408 e. The fourth-order valence-electron chi connectivity index (χ4n) is 2.40. The van der Waals surface area contributed by atoms with Crippen molar-refractivity contribution in [1.82, 2.24) is 5.32 Å². The van der Waals surface area contributed by atoms with E-state index in [9.17, 15) is 19.8 Å². The van der Waals surface area contributed by atoms with Crippen molar-refractivity contribution < 1.29 is 24.5 Å². The van der Waals surface area contributed by atoms with Crippen LogP contribution in [0.1, 0.15) is 32.4 Å². The summed E-state index contributed by atoms with van der Waals surface area (Å²) in [4.78, 5) is 23.4. The third-order valence-corrected chi connectivity index (χ3v) is 3.40. The number of fused-ring (bicyclic) bond motifs is 1. The molecule has 2 atom stereocenters. The van der Waals surface area contributed by atoms with Crippen molar-refractivity contribution in [2.75, 3.05) is 0 Å². The highest BCUT2D eigenvalue weighted by molar-refractivity contribution is 5.88. The van der Waals surface area contributed by atoms with Crippen molar-refractivity contribution in [2.45, 2.75) is 38.5 Å². The van der Waals surface area contributed by atoms with Gasteiger partial charge in [0, 0.05) is 0 Å². The van der Waals surface area contributed by atoms with Gasteiger partial charge < -0.3 is 20.3 Å². The summed E-state index contributed by atoms with van der Waals surface area (Å²) in [6, 6.07) is 11.0. The molecule has 0 aliphatic heterocycles. The zero-order chi connectivity index (χ0) is 17.9. The molecule has 2 aromatic carbocycles. The molecule has 0 saturated heterocycles. The average Bonchev–Trinajstić information content (AvgIpc) is 2.49. The number of carboxylic acids is 1. The molecule has 0 aromatic heterocycles. The number of carbonyl (C=O) groups excluding carboxylic acids is 1. The van der Waals surface area contributed by atoms with Crippen LogP contribution in [0.25, 0.3) is 10.8 Å². The van der Waals surface area contributed by atoms with Gasteiger partial charge in [-0.3, -0.25) is 0 Å². The summed E-state index contributed by atoms with van der Waals surface area (Å²) in [6.07, 6.45) is -2.31. The van der Waals surface area contributed by atoms with Gasteiger partial charge >= 0.3 is 12.1 Å². The summed E-state index contributed by atoms with van der Waals surface area (Å²) in [5.74, 6) is -1.35. The van der Waals surface area contributed by atoms with Gasteiger partial charge in [-0.1, -0.05) is 42.5 Å². The highest BCUT2D eigenvalue weighted by Crippen LogP contribution is 2.26. The van der Waals surface area contributed by atoms with Crippen molar-refractivity contribution >= 4 is 22.8 Å². The maximum atomic E-state index is 11.9. The molecule has 0 heterocycles. The summed E-state index contributed by atoms with van der Waals surface area (Å²) < 4.78 is 5.07. The lowest BCUT2D eigenvalue weighted by molar-refractivity contribution is -0.142. The van der Waals surface area contributed by atoms with E-state index in [1.165, 1.54) is 0 Å². The Morgan fingerprint density at radius 2 is 1.71 bits per heavy atom. The molecule has 0 aliphatic carbocycles. The van der Waals surface area contributed by atoms with Crippen LogP contribution in [0.2, 0.25) is 0 Å². The molecule has 3 N–H and O–H groups in total. The zero-order valence-electron chi connectivity index (χ0n) is 13.8. The van der Waals surface area contributed by atoms with E-state index in [-0.39, 0.29) is 0 Å². The lowest BCUT2D eigenvalue weighted by Crippen LogP contribution is -2.46. The average molecular weight is 331 g/mol. The molecule has 128 valence electrons. The van der Waals surface area contributed by atoms with Gasteiger partial charge in [0.1, 0.15) is 11.7 Å². The van der Waals surface area contributed by atoms with Crippen molar-refractivity contribution in [3.63, 3.8) is 0 Å². The van der Waals surface area contributed by atoms with Crippen molar-refractivity contribution in [3.05, 3.63) is 48.0 Å². The molecule has 24 heavy (non-hydrogen) atoms. The lowest BCUT2D eigenvalue weighted by atomic mass is 9.96. The van der Waals surface area contributed by atoms with Gasteiger partial charge in [-0.05, 0) is 37.1 Å². The monoisotopic (exact) mass is 331 g/mol. The first-order valence-electron chi connectivity index (χ1n) is 7.57. The second-order valence-electron chi connectivity index (χ2n) is 6.48. The summed E-state index contributed by atoms with van der Waals surface area (Å²) >= 11 is 0. The van der Waals surface area contributed by atoms with E-state index in [0.29, 0.717) is 5.56 Å². The normalized spacial score (nSPS) is 14.0. The minimum atomic E-state index is -1.52. The molecule has 0 bridgehead atoms. The van der Waals surface area contributed by atoms with E-state index >= 15 is 0 Å². The van der Waals surface area contributed by atoms with Crippen molar-refractivity contribution in [3.8, 4) is 0 Å². The molecule has 2 aromatic rings. The first-order chi connectivity index (χ1) is 11.2. The molecule has 0 fully saturated rings. The summed E-state index contributed by atoms with van der Waals surface area (Å²) in [7, 11) is 0. The molecule has 0 radical (unpaired) electrons. The molecule has 0 aliphatic rings. The molecule has 6 heteroatoms. The predicted octanol–water partition coefficient (Wildman–Crippen LogP) is 2.85. The largest absolute Gasteiger partial charge is 0.480 e. The SMILES string of the molecule is CC(C)(C)OC(=O)N[C@H](C(=O)O)[C@@H](O)c1cccc2ccccc12. The lowest BCUT2D eigenvalue weighted by Gasteiger charge is -2.25. The Hall–Kier alpha value is -2.60. The summed E-state index contributed by atoms with van der Waals surface area (Å²) in [5.41, 5.74) is -0.339. The van der Waals surface area contributed by atoms with Gasteiger partial charge in [0.15, 0.2) is 6.04 Å². The maximum absolute atomic E-state index is 11.9. The number of hydrogen-bond donors (Lipinski definition) is 3. The topological polar surface area (TPSA) is 95.9 Å². The van der Waals surface area contributed by atoms with Crippen molar-refractivity contribution in [2.24, 2.45) is 0 Å². The van der Waals surface area contributed by atoms with Crippen LogP contribution in [0.15, 0.2) is 42.5 Å². The van der Waals surface area contributed by atoms with Crippen LogP contribution in [0, 0.1) is 0 Å². The van der Waals surface area contributed by atoms with Gasteiger partial charge in [0.25, 0.3) is 0 Å². The number of amides is 1. The number of benzene rings is 2. The van der Waals surface area contributed by atoms with Crippen LogP contribution < -0.4 is 5.32 Å². The quantitative estimate of drug-likeness (QED) is 0.800. The van der Waals surface area contributed by atoms with Crippen LogP contribution in [0.5, 0.6) is 0 Å². The second-order valence-corrected chi connectivity index (χ2v) is 6.48. The minimum Gasteiger partial charge on any atom is -0.480 e. The number of aliphatic hydroxyl groups is 1. The van der Waals surface area contributed by atoms with E-state index in [4.69, 9.17) is 4.74 Å². The predicted molar refractivity (Wildman–Crippen MR) is 89.7 cm³/mol. The van der Waals surface area contributed by atoms with Gasteiger partial charge in [0.2, 0.25) is 0 Å². The standard InChI is InChI=1S/C18H21NO5/c1-18(2,3)24-17(23)19-14(16(21)22)15(20)13-10-6-8-11-7-4-5-9-12(11)13/h4-10,14-15,20H,1-3H3,(H,19,23)(H,21,22)/t14-,15-/m0/s1.